The lowest BCUT2D eigenvalue weighted by Crippen LogP contribution is -2.07. The number of benzene rings is 1. The van der Waals surface area contributed by atoms with Gasteiger partial charge in [-0.1, -0.05) is 24.3 Å². The molecule has 5 nitrogen and oxygen atoms in total. The van der Waals surface area contributed by atoms with Gasteiger partial charge in [-0.25, -0.2) is 0 Å². The highest BCUT2D eigenvalue weighted by atomic mass is 32.1. The summed E-state index contributed by atoms with van der Waals surface area (Å²) >= 11 is 1.56. The summed E-state index contributed by atoms with van der Waals surface area (Å²) in [6.07, 6.45) is 1.58. The average Bonchev–Trinajstić information content (AvgIpc) is 2.94. The van der Waals surface area contributed by atoms with Crippen molar-refractivity contribution in [3.8, 4) is 11.5 Å². The second kappa shape index (κ2) is 6.67. The Bertz CT molecular complexity index is 571. The highest BCUT2D eigenvalue weighted by Gasteiger charge is 2.12. The SMILES string of the molecule is CCC(N)c1nnc(Cc2ccc(OC)c(OC)c2)s1. The van der Waals surface area contributed by atoms with E-state index >= 15 is 0 Å². The van der Waals surface area contributed by atoms with Gasteiger partial charge in [0.25, 0.3) is 0 Å². The number of hydrogen-bond acceptors (Lipinski definition) is 6. The fourth-order valence-corrected chi connectivity index (χ4v) is 2.79. The topological polar surface area (TPSA) is 70.3 Å². The second-order valence-corrected chi connectivity index (χ2v) is 5.51. The van der Waals surface area contributed by atoms with Crippen LogP contribution in [0.3, 0.4) is 0 Å². The third-order valence-electron chi connectivity index (χ3n) is 3.04. The van der Waals surface area contributed by atoms with E-state index in [1.165, 1.54) is 0 Å². The van der Waals surface area contributed by atoms with Crippen LogP contribution in [0.4, 0.5) is 0 Å². The molecule has 1 aromatic heterocycles. The van der Waals surface area contributed by atoms with Gasteiger partial charge >= 0.3 is 0 Å². The first-order valence-electron chi connectivity index (χ1n) is 6.46. The van der Waals surface area contributed by atoms with E-state index in [1.54, 1.807) is 25.6 Å². The maximum Gasteiger partial charge on any atom is 0.160 e. The van der Waals surface area contributed by atoms with Gasteiger partial charge in [0.05, 0.1) is 20.3 Å². The molecule has 2 N–H and O–H groups in total. The molecule has 0 saturated heterocycles. The molecule has 20 heavy (non-hydrogen) atoms. The van der Waals surface area contributed by atoms with Crippen molar-refractivity contribution in [2.24, 2.45) is 5.73 Å². The Morgan fingerprint density at radius 3 is 2.60 bits per heavy atom. The highest BCUT2D eigenvalue weighted by molar-refractivity contribution is 7.11. The van der Waals surface area contributed by atoms with Crippen LogP contribution in [0.5, 0.6) is 11.5 Å². The van der Waals surface area contributed by atoms with Crippen molar-refractivity contribution in [3.05, 3.63) is 33.8 Å². The second-order valence-electron chi connectivity index (χ2n) is 4.41. The summed E-state index contributed by atoms with van der Waals surface area (Å²) in [6.45, 7) is 2.04. The van der Waals surface area contributed by atoms with Crippen LogP contribution in [0.15, 0.2) is 18.2 Å². The number of nitrogens with zero attached hydrogens (tertiary/aromatic N) is 2. The molecule has 0 radical (unpaired) electrons. The van der Waals surface area contributed by atoms with E-state index in [9.17, 15) is 0 Å². The first-order chi connectivity index (χ1) is 9.67. The number of ether oxygens (including phenoxy) is 2. The summed E-state index contributed by atoms with van der Waals surface area (Å²) in [5, 5.41) is 10.2. The Morgan fingerprint density at radius 2 is 1.95 bits per heavy atom. The highest BCUT2D eigenvalue weighted by Crippen LogP contribution is 2.29. The summed E-state index contributed by atoms with van der Waals surface area (Å²) in [7, 11) is 3.26. The van der Waals surface area contributed by atoms with Gasteiger partial charge in [0.2, 0.25) is 0 Å². The van der Waals surface area contributed by atoms with Crippen LogP contribution in [-0.2, 0) is 6.42 Å². The molecule has 1 unspecified atom stereocenters. The first-order valence-corrected chi connectivity index (χ1v) is 7.28. The lowest BCUT2D eigenvalue weighted by atomic mass is 10.1. The Hall–Kier alpha value is -1.66. The molecule has 1 aromatic carbocycles. The summed E-state index contributed by atoms with van der Waals surface area (Å²) in [6, 6.07) is 5.84. The molecule has 0 fully saturated rings. The third kappa shape index (κ3) is 3.26. The van der Waals surface area contributed by atoms with E-state index in [1.807, 2.05) is 25.1 Å². The molecule has 0 bridgehead atoms. The molecule has 1 atom stereocenters. The number of hydrogen-bond donors (Lipinski definition) is 1. The zero-order valence-electron chi connectivity index (χ0n) is 11.9. The molecule has 0 aliphatic rings. The molecule has 108 valence electrons. The van der Waals surface area contributed by atoms with Crippen molar-refractivity contribution in [2.75, 3.05) is 14.2 Å². The van der Waals surface area contributed by atoms with Crippen molar-refractivity contribution in [1.82, 2.24) is 10.2 Å². The first kappa shape index (κ1) is 14.7. The minimum atomic E-state index is -0.0216. The van der Waals surface area contributed by atoms with E-state index in [0.29, 0.717) is 6.42 Å². The lowest BCUT2D eigenvalue weighted by molar-refractivity contribution is 0.354. The smallest absolute Gasteiger partial charge is 0.160 e. The minimum absolute atomic E-state index is 0.0216. The van der Waals surface area contributed by atoms with Gasteiger partial charge in [-0.2, -0.15) is 0 Å². The standard InChI is InChI=1S/C14H19N3O2S/c1-4-10(15)14-17-16-13(20-14)8-9-5-6-11(18-2)12(7-9)19-3/h5-7,10H,4,8,15H2,1-3H3. The number of rotatable bonds is 6. The number of methoxy groups -OCH3 is 2. The Kier molecular flexibility index (Phi) is 4.92. The maximum absolute atomic E-state index is 5.96. The van der Waals surface area contributed by atoms with Gasteiger partial charge in [-0.05, 0) is 24.1 Å². The van der Waals surface area contributed by atoms with Gasteiger partial charge in [0, 0.05) is 6.42 Å². The zero-order chi connectivity index (χ0) is 14.5. The molecule has 0 aliphatic carbocycles. The predicted molar refractivity (Wildman–Crippen MR) is 79.5 cm³/mol. The fraction of sp³-hybridized carbons (Fsp3) is 0.429. The molecule has 0 aliphatic heterocycles. The summed E-state index contributed by atoms with van der Waals surface area (Å²) < 4.78 is 10.5. The Balaban J connectivity index is 2.15. The van der Waals surface area contributed by atoms with Crippen LogP contribution in [-0.4, -0.2) is 24.4 Å². The minimum Gasteiger partial charge on any atom is -0.493 e. The van der Waals surface area contributed by atoms with E-state index in [4.69, 9.17) is 15.2 Å². The van der Waals surface area contributed by atoms with Gasteiger partial charge in [0.1, 0.15) is 10.0 Å². The quantitative estimate of drug-likeness (QED) is 0.886. The van der Waals surface area contributed by atoms with Gasteiger partial charge in [-0.3, -0.25) is 0 Å². The average molecular weight is 293 g/mol. The fourth-order valence-electron chi connectivity index (χ4n) is 1.83. The van der Waals surface area contributed by atoms with Crippen LogP contribution in [0, 0.1) is 0 Å². The zero-order valence-corrected chi connectivity index (χ0v) is 12.7. The molecule has 2 aromatic rings. The van der Waals surface area contributed by atoms with Gasteiger partial charge < -0.3 is 15.2 Å². The molecule has 2 rings (SSSR count). The van der Waals surface area contributed by atoms with Crippen molar-refractivity contribution >= 4 is 11.3 Å². The van der Waals surface area contributed by atoms with Crippen molar-refractivity contribution in [2.45, 2.75) is 25.8 Å². The van der Waals surface area contributed by atoms with Crippen molar-refractivity contribution in [1.29, 1.82) is 0 Å². The largest absolute Gasteiger partial charge is 0.493 e. The van der Waals surface area contributed by atoms with Crippen LogP contribution in [0.25, 0.3) is 0 Å². The monoisotopic (exact) mass is 293 g/mol. The van der Waals surface area contributed by atoms with Crippen LogP contribution < -0.4 is 15.2 Å². The summed E-state index contributed by atoms with van der Waals surface area (Å²) in [5.41, 5.74) is 7.06. The molecule has 0 amide bonds. The summed E-state index contributed by atoms with van der Waals surface area (Å²) in [4.78, 5) is 0. The van der Waals surface area contributed by atoms with Crippen LogP contribution in [0.1, 0.15) is 35.0 Å². The van der Waals surface area contributed by atoms with Crippen molar-refractivity contribution < 1.29 is 9.47 Å². The Labute approximate surface area is 122 Å². The molecule has 0 saturated carbocycles. The normalized spacial score (nSPS) is 12.2. The van der Waals surface area contributed by atoms with Crippen LogP contribution in [0.2, 0.25) is 0 Å². The third-order valence-corrected chi connectivity index (χ3v) is 4.10. The predicted octanol–water partition coefficient (Wildman–Crippen LogP) is 2.56. The molecular formula is C14H19N3O2S. The Morgan fingerprint density at radius 1 is 1.20 bits per heavy atom. The van der Waals surface area contributed by atoms with E-state index in [2.05, 4.69) is 10.2 Å². The van der Waals surface area contributed by atoms with Crippen LogP contribution >= 0.6 is 11.3 Å². The summed E-state index contributed by atoms with van der Waals surface area (Å²) in [5.74, 6) is 1.45. The number of nitrogens with two attached hydrogens (primary N) is 1. The molecule has 0 spiro atoms. The maximum atomic E-state index is 5.96. The molecular weight excluding hydrogens is 274 g/mol. The molecule has 1 heterocycles. The van der Waals surface area contributed by atoms with Crippen molar-refractivity contribution in [3.63, 3.8) is 0 Å². The molecule has 6 heteroatoms. The van der Waals surface area contributed by atoms with E-state index in [-0.39, 0.29) is 6.04 Å². The lowest BCUT2D eigenvalue weighted by Gasteiger charge is -2.08. The van der Waals surface area contributed by atoms with E-state index < -0.39 is 0 Å². The van der Waals surface area contributed by atoms with Gasteiger partial charge in [-0.15, -0.1) is 10.2 Å². The van der Waals surface area contributed by atoms with E-state index in [0.717, 1.165) is 33.5 Å². The van der Waals surface area contributed by atoms with Gasteiger partial charge in [0.15, 0.2) is 11.5 Å². The number of aromatic nitrogens is 2.